The van der Waals surface area contributed by atoms with E-state index in [-0.39, 0.29) is 18.0 Å². The zero-order valence-electron chi connectivity index (χ0n) is 11.6. The molecular weight excluding hydrogens is 329 g/mol. The average molecular weight is 348 g/mol. The van der Waals surface area contributed by atoms with Crippen LogP contribution in [0.1, 0.15) is 18.5 Å². The van der Waals surface area contributed by atoms with Crippen LogP contribution >= 0.6 is 15.9 Å². The van der Waals surface area contributed by atoms with Crippen LogP contribution in [-0.2, 0) is 9.47 Å². The molecule has 0 aliphatic carbocycles. The maximum Gasteiger partial charge on any atom is 0.141 e. The largest absolute Gasteiger partial charge is 0.496 e. The molecule has 1 aromatic rings. The third-order valence-electron chi connectivity index (χ3n) is 3.25. The van der Waals surface area contributed by atoms with Crippen LogP contribution in [0.2, 0.25) is 0 Å². The van der Waals surface area contributed by atoms with Gasteiger partial charge in [0.2, 0.25) is 0 Å². The van der Waals surface area contributed by atoms with Crippen molar-refractivity contribution in [3.8, 4) is 5.75 Å². The van der Waals surface area contributed by atoms with Crippen LogP contribution in [0.3, 0.4) is 0 Å². The first-order chi connectivity index (χ1) is 9.67. The van der Waals surface area contributed by atoms with Crippen molar-refractivity contribution in [1.29, 1.82) is 0 Å². The van der Waals surface area contributed by atoms with Crippen LogP contribution in [0.15, 0.2) is 16.6 Å². The Bertz CT molecular complexity index is 452. The molecule has 1 saturated heterocycles. The zero-order chi connectivity index (χ0) is 14.5. The number of nitrogens with one attached hydrogen (secondary N) is 1. The summed E-state index contributed by atoms with van der Waals surface area (Å²) in [7, 11) is 1.54. The molecule has 6 heteroatoms. The summed E-state index contributed by atoms with van der Waals surface area (Å²) in [6.07, 6.45) is -0.116. The highest BCUT2D eigenvalue weighted by atomic mass is 79.9. The molecule has 0 bridgehead atoms. The van der Waals surface area contributed by atoms with Crippen LogP contribution in [0, 0.1) is 5.82 Å². The molecule has 112 valence electrons. The molecule has 1 N–H and O–H groups in total. The van der Waals surface area contributed by atoms with Gasteiger partial charge in [-0.25, -0.2) is 4.39 Å². The predicted molar refractivity (Wildman–Crippen MR) is 77.6 cm³/mol. The molecule has 2 unspecified atom stereocenters. The Labute approximate surface area is 126 Å². The fourth-order valence-electron chi connectivity index (χ4n) is 2.32. The van der Waals surface area contributed by atoms with Crippen LogP contribution < -0.4 is 10.1 Å². The first kappa shape index (κ1) is 15.7. The second-order valence-electron chi connectivity index (χ2n) is 4.53. The fourth-order valence-corrected chi connectivity index (χ4v) is 2.68. The standard InChI is InChI=1S/C14H19BrFNO3/c1-3-17-14(13-8-19-4-5-20-13)9-6-10(15)11(16)7-12(9)18-2/h6-7,13-14,17H,3-5,8H2,1-2H3. The second-order valence-corrected chi connectivity index (χ2v) is 5.38. The van der Waals surface area contributed by atoms with Gasteiger partial charge in [-0.3, -0.25) is 0 Å². The van der Waals surface area contributed by atoms with Gasteiger partial charge < -0.3 is 19.5 Å². The van der Waals surface area contributed by atoms with E-state index >= 15 is 0 Å². The molecule has 0 radical (unpaired) electrons. The monoisotopic (exact) mass is 347 g/mol. The van der Waals surface area contributed by atoms with Crippen LogP contribution in [0.4, 0.5) is 4.39 Å². The second kappa shape index (κ2) is 7.36. The molecule has 1 fully saturated rings. The molecule has 0 amide bonds. The Balaban J connectivity index is 2.34. The summed E-state index contributed by atoms with van der Waals surface area (Å²) in [6.45, 7) is 4.47. The Morgan fingerprint density at radius 2 is 2.30 bits per heavy atom. The lowest BCUT2D eigenvalue weighted by atomic mass is 10.00. The van der Waals surface area contributed by atoms with Gasteiger partial charge in [-0.2, -0.15) is 0 Å². The van der Waals surface area contributed by atoms with E-state index in [2.05, 4.69) is 21.2 Å². The maximum atomic E-state index is 13.6. The minimum atomic E-state index is -0.346. The lowest BCUT2D eigenvalue weighted by molar-refractivity contribution is -0.102. The van der Waals surface area contributed by atoms with Crippen LogP contribution in [0.25, 0.3) is 0 Å². The van der Waals surface area contributed by atoms with Crippen molar-refractivity contribution in [2.45, 2.75) is 19.1 Å². The molecule has 4 nitrogen and oxygen atoms in total. The molecule has 0 aromatic heterocycles. The third kappa shape index (κ3) is 3.49. The summed E-state index contributed by atoms with van der Waals surface area (Å²) in [5.41, 5.74) is 0.859. The minimum Gasteiger partial charge on any atom is -0.496 e. The molecule has 1 aromatic carbocycles. The van der Waals surface area contributed by atoms with Gasteiger partial charge in [0.05, 0.1) is 37.4 Å². The maximum absolute atomic E-state index is 13.6. The summed E-state index contributed by atoms with van der Waals surface area (Å²) in [4.78, 5) is 0. The molecule has 1 aliphatic heterocycles. The van der Waals surface area contributed by atoms with Gasteiger partial charge in [0.15, 0.2) is 0 Å². The highest BCUT2D eigenvalue weighted by molar-refractivity contribution is 9.10. The Morgan fingerprint density at radius 1 is 1.50 bits per heavy atom. The van der Waals surface area contributed by atoms with E-state index in [0.29, 0.717) is 30.0 Å². The number of hydrogen-bond acceptors (Lipinski definition) is 4. The highest BCUT2D eigenvalue weighted by Gasteiger charge is 2.29. The van der Waals surface area contributed by atoms with Crippen molar-refractivity contribution in [1.82, 2.24) is 5.32 Å². The number of benzene rings is 1. The Morgan fingerprint density at radius 3 is 2.90 bits per heavy atom. The van der Waals surface area contributed by atoms with Crippen molar-refractivity contribution in [3.05, 3.63) is 28.0 Å². The Kier molecular flexibility index (Phi) is 5.77. The average Bonchev–Trinajstić information content (AvgIpc) is 2.48. The lowest BCUT2D eigenvalue weighted by Gasteiger charge is -2.32. The van der Waals surface area contributed by atoms with E-state index in [0.717, 1.165) is 12.1 Å². The minimum absolute atomic E-state index is 0.104. The molecule has 1 heterocycles. The number of rotatable bonds is 5. The van der Waals surface area contributed by atoms with E-state index in [9.17, 15) is 4.39 Å². The highest BCUT2D eigenvalue weighted by Crippen LogP contribution is 2.33. The van der Waals surface area contributed by atoms with E-state index in [1.54, 1.807) is 6.07 Å². The van der Waals surface area contributed by atoms with Gasteiger partial charge in [0.1, 0.15) is 17.7 Å². The van der Waals surface area contributed by atoms with Gasteiger partial charge in [-0.1, -0.05) is 6.92 Å². The van der Waals surface area contributed by atoms with E-state index in [1.165, 1.54) is 13.2 Å². The number of hydrogen-bond donors (Lipinski definition) is 1. The summed E-state index contributed by atoms with van der Waals surface area (Å²) < 4.78 is 30.6. The topological polar surface area (TPSA) is 39.7 Å². The summed E-state index contributed by atoms with van der Waals surface area (Å²) in [5.74, 6) is 0.160. The van der Waals surface area contributed by atoms with Crippen molar-refractivity contribution in [3.63, 3.8) is 0 Å². The smallest absolute Gasteiger partial charge is 0.141 e. The summed E-state index contributed by atoms with van der Waals surface area (Å²) in [6, 6.07) is 3.01. The molecule has 20 heavy (non-hydrogen) atoms. The van der Waals surface area contributed by atoms with Crippen molar-refractivity contribution < 1.29 is 18.6 Å². The summed E-state index contributed by atoms with van der Waals surface area (Å²) in [5, 5.41) is 3.36. The molecular formula is C14H19BrFNO3. The fraction of sp³-hybridized carbons (Fsp3) is 0.571. The van der Waals surface area contributed by atoms with Crippen LogP contribution in [-0.4, -0.2) is 39.6 Å². The summed E-state index contributed by atoms with van der Waals surface area (Å²) >= 11 is 3.22. The zero-order valence-corrected chi connectivity index (χ0v) is 13.2. The van der Waals surface area contributed by atoms with E-state index in [4.69, 9.17) is 14.2 Å². The van der Waals surface area contributed by atoms with Gasteiger partial charge in [0, 0.05) is 11.6 Å². The van der Waals surface area contributed by atoms with Crippen molar-refractivity contribution in [2.75, 3.05) is 33.5 Å². The van der Waals surface area contributed by atoms with E-state index < -0.39 is 0 Å². The van der Waals surface area contributed by atoms with Crippen molar-refractivity contribution in [2.24, 2.45) is 0 Å². The SMILES string of the molecule is CCNC(c1cc(Br)c(F)cc1OC)C1COCCO1. The first-order valence-corrected chi connectivity index (χ1v) is 7.42. The van der Waals surface area contributed by atoms with Crippen molar-refractivity contribution >= 4 is 15.9 Å². The molecule has 2 atom stereocenters. The Hall–Kier alpha value is -0.690. The van der Waals surface area contributed by atoms with Gasteiger partial charge in [0.25, 0.3) is 0 Å². The van der Waals surface area contributed by atoms with E-state index in [1.807, 2.05) is 6.92 Å². The number of ether oxygens (including phenoxy) is 3. The number of methoxy groups -OCH3 is 1. The third-order valence-corrected chi connectivity index (χ3v) is 3.85. The molecule has 0 saturated carbocycles. The lowest BCUT2D eigenvalue weighted by Crippen LogP contribution is -2.40. The molecule has 2 rings (SSSR count). The molecule has 0 spiro atoms. The quantitative estimate of drug-likeness (QED) is 0.888. The van der Waals surface area contributed by atoms with Gasteiger partial charge in [-0.05, 0) is 28.5 Å². The molecule has 1 aliphatic rings. The number of likely N-dealkylation sites (N-methyl/N-ethyl adjacent to an activating group) is 1. The van der Waals surface area contributed by atoms with Gasteiger partial charge in [-0.15, -0.1) is 0 Å². The van der Waals surface area contributed by atoms with Gasteiger partial charge >= 0.3 is 0 Å². The number of halogens is 2. The normalized spacial score (nSPS) is 20.7. The first-order valence-electron chi connectivity index (χ1n) is 6.63. The van der Waals surface area contributed by atoms with Crippen LogP contribution in [0.5, 0.6) is 5.75 Å². The predicted octanol–water partition coefficient (Wildman–Crippen LogP) is 2.66.